The molecular formula is C22H22N2O2S. The summed E-state index contributed by atoms with van der Waals surface area (Å²) in [6.07, 6.45) is 1.03. The lowest BCUT2D eigenvalue weighted by atomic mass is 9.99. The molecule has 1 aliphatic rings. The maximum atomic E-state index is 12.5. The van der Waals surface area contributed by atoms with E-state index in [2.05, 4.69) is 33.9 Å². The van der Waals surface area contributed by atoms with E-state index in [4.69, 9.17) is 0 Å². The van der Waals surface area contributed by atoms with Gasteiger partial charge in [-0.25, -0.2) is 8.42 Å². The highest BCUT2D eigenvalue weighted by Crippen LogP contribution is 2.26. The molecule has 0 saturated carbocycles. The van der Waals surface area contributed by atoms with Crippen LogP contribution in [-0.2, 0) is 23.0 Å². The van der Waals surface area contributed by atoms with Crippen LogP contribution in [0, 0.1) is 6.92 Å². The third kappa shape index (κ3) is 3.83. The highest BCUT2D eigenvalue weighted by Gasteiger charge is 2.17. The molecule has 3 aromatic carbocycles. The third-order valence-electron chi connectivity index (χ3n) is 4.95. The van der Waals surface area contributed by atoms with Gasteiger partial charge >= 0.3 is 0 Å². The average molecular weight is 378 g/mol. The Kier molecular flexibility index (Phi) is 4.62. The van der Waals surface area contributed by atoms with E-state index in [0.29, 0.717) is 5.69 Å². The first kappa shape index (κ1) is 17.6. The minimum atomic E-state index is -3.57. The number of rotatable bonds is 4. The van der Waals surface area contributed by atoms with Gasteiger partial charge < -0.3 is 4.90 Å². The quantitative estimate of drug-likeness (QED) is 0.734. The Balaban J connectivity index is 1.49. The van der Waals surface area contributed by atoms with Crippen molar-refractivity contribution in [2.45, 2.75) is 24.8 Å². The first-order valence-electron chi connectivity index (χ1n) is 9.02. The lowest BCUT2D eigenvalue weighted by molar-refractivity contribution is 0.601. The molecule has 0 bridgehead atoms. The molecule has 5 heteroatoms. The van der Waals surface area contributed by atoms with Gasteiger partial charge in [0.1, 0.15) is 0 Å². The lowest BCUT2D eigenvalue weighted by Gasteiger charge is -2.30. The number of hydrogen-bond donors (Lipinski definition) is 1. The van der Waals surface area contributed by atoms with Gasteiger partial charge in [0.25, 0.3) is 10.0 Å². The number of nitrogens with zero attached hydrogens (tertiary/aromatic N) is 1. The van der Waals surface area contributed by atoms with Gasteiger partial charge in [0.15, 0.2) is 0 Å². The van der Waals surface area contributed by atoms with Crippen LogP contribution in [0.3, 0.4) is 0 Å². The lowest BCUT2D eigenvalue weighted by Crippen LogP contribution is -2.30. The SMILES string of the molecule is Cc1ccc(S(=O)(=O)Nc2ccc(N3CCc4ccccc4C3)cc2)cc1. The van der Waals surface area contributed by atoms with Gasteiger partial charge in [-0.2, -0.15) is 0 Å². The van der Waals surface area contributed by atoms with E-state index < -0.39 is 10.0 Å². The summed E-state index contributed by atoms with van der Waals surface area (Å²) in [6, 6.07) is 23.0. The zero-order valence-corrected chi connectivity index (χ0v) is 16.0. The summed E-state index contributed by atoms with van der Waals surface area (Å²) in [6.45, 7) is 3.78. The maximum Gasteiger partial charge on any atom is 0.261 e. The van der Waals surface area contributed by atoms with Gasteiger partial charge in [-0.3, -0.25) is 4.72 Å². The van der Waals surface area contributed by atoms with Gasteiger partial charge in [-0.05, 0) is 60.9 Å². The molecule has 1 N–H and O–H groups in total. The number of benzene rings is 3. The Morgan fingerprint density at radius 1 is 0.852 bits per heavy atom. The summed E-state index contributed by atoms with van der Waals surface area (Å²) in [4.78, 5) is 2.59. The van der Waals surface area contributed by atoms with Crippen LogP contribution in [0.4, 0.5) is 11.4 Å². The first-order valence-corrected chi connectivity index (χ1v) is 10.5. The molecule has 0 aliphatic carbocycles. The van der Waals surface area contributed by atoms with Crippen LogP contribution in [0.25, 0.3) is 0 Å². The van der Waals surface area contributed by atoms with Gasteiger partial charge in [-0.1, -0.05) is 42.0 Å². The van der Waals surface area contributed by atoms with Gasteiger partial charge in [-0.15, -0.1) is 0 Å². The van der Waals surface area contributed by atoms with E-state index in [1.807, 2.05) is 31.2 Å². The minimum Gasteiger partial charge on any atom is -0.367 e. The highest BCUT2D eigenvalue weighted by molar-refractivity contribution is 7.92. The summed E-state index contributed by atoms with van der Waals surface area (Å²) >= 11 is 0. The number of sulfonamides is 1. The second-order valence-corrected chi connectivity index (χ2v) is 8.59. The van der Waals surface area contributed by atoms with Crippen molar-refractivity contribution in [1.82, 2.24) is 0 Å². The van der Waals surface area contributed by atoms with E-state index in [1.54, 1.807) is 24.3 Å². The van der Waals surface area contributed by atoms with Crippen molar-refractivity contribution in [1.29, 1.82) is 0 Å². The van der Waals surface area contributed by atoms with E-state index >= 15 is 0 Å². The fourth-order valence-electron chi connectivity index (χ4n) is 3.39. The Morgan fingerprint density at radius 2 is 1.52 bits per heavy atom. The largest absolute Gasteiger partial charge is 0.367 e. The zero-order chi connectivity index (χ0) is 18.9. The van der Waals surface area contributed by atoms with Crippen molar-refractivity contribution in [2.24, 2.45) is 0 Å². The molecule has 4 rings (SSSR count). The first-order chi connectivity index (χ1) is 13.0. The summed E-state index contributed by atoms with van der Waals surface area (Å²) in [7, 11) is -3.57. The molecular weight excluding hydrogens is 356 g/mol. The van der Waals surface area contributed by atoms with E-state index in [0.717, 1.165) is 30.8 Å². The number of aryl methyl sites for hydroxylation is 1. The summed E-state index contributed by atoms with van der Waals surface area (Å²) < 4.78 is 27.7. The van der Waals surface area contributed by atoms with E-state index in [9.17, 15) is 8.42 Å². The van der Waals surface area contributed by atoms with Gasteiger partial charge in [0.2, 0.25) is 0 Å². The second kappa shape index (κ2) is 7.08. The van der Waals surface area contributed by atoms with Crippen LogP contribution >= 0.6 is 0 Å². The third-order valence-corrected chi connectivity index (χ3v) is 6.34. The average Bonchev–Trinajstić information content (AvgIpc) is 2.68. The number of hydrogen-bond acceptors (Lipinski definition) is 3. The van der Waals surface area contributed by atoms with Crippen molar-refractivity contribution in [3.63, 3.8) is 0 Å². The monoisotopic (exact) mass is 378 g/mol. The second-order valence-electron chi connectivity index (χ2n) is 6.91. The Hall–Kier alpha value is -2.79. The predicted molar refractivity (Wildman–Crippen MR) is 110 cm³/mol. The smallest absolute Gasteiger partial charge is 0.261 e. The molecule has 0 atom stereocenters. The molecule has 138 valence electrons. The topological polar surface area (TPSA) is 49.4 Å². The molecule has 0 aromatic heterocycles. The zero-order valence-electron chi connectivity index (χ0n) is 15.2. The number of fused-ring (bicyclic) bond motifs is 1. The summed E-state index contributed by atoms with van der Waals surface area (Å²) in [5, 5.41) is 0. The maximum absolute atomic E-state index is 12.5. The minimum absolute atomic E-state index is 0.268. The standard InChI is InChI=1S/C22H22N2O2S/c1-17-6-12-22(13-7-17)27(25,26)23-20-8-10-21(11-9-20)24-15-14-18-4-2-3-5-19(18)16-24/h2-13,23H,14-16H2,1H3. The molecule has 0 spiro atoms. The van der Waals surface area contributed by atoms with Crippen LogP contribution in [0.15, 0.2) is 77.7 Å². The highest BCUT2D eigenvalue weighted by atomic mass is 32.2. The van der Waals surface area contributed by atoms with Crippen molar-refractivity contribution >= 4 is 21.4 Å². The molecule has 0 amide bonds. The molecule has 0 unspecified atom stereocenters. The molecule has 0 fully saturated rings. The number of nitrogens with one attached hydrogen (secondary N) is 1. The Labute approximate surface area is 160 Å². The molecule has 1 aliphatic heterocycles. The molecule has 4 nitrogen and oxygen atoms in total. The summed E-state index contributed by atoms with van der Waals surface area (Å²) in [5.41, 5.74) is 5.46. The van der Waals surface area contributed by atoms with Gasteiger partial charge in [0.05, 0.1) is 4.90 Å². The fraction of sp³-hybridized carbons (Fsp3) is 0.182. The van der Waals surface area contributed by atoms with Crippen LogP contribution in [0.5, 0.6) is 0 Å². The predicted octanol–water partition coefficient (Wildman–Crippen LogP) is 4.36. The Morgan fingerprint density at radius 3 is 2.22 bits per heavy atom. The van der Waals surface area contributed by atoms with Gasteiger partial charge in [0, 0.05) is 24.5 Å². The van der Waals surface area contributed by atoms with Crippen molar-refractivity contribution in [2.75, 3.05) is 16.2 Å². The van der Waals surface area contributed by atoms with Crippen LogP contribution < -0.4 is 9.62 Å². The number of anilines is 2. The van der Waals surface area contributed by atoms with Crippen molar-refractivity contribution in [3.8, 4) is 0 Å². The molecule has 3 aromatic rings. The van der Waals surface area contributed by atoms with Crippen LogP contribution in [-0.4, -0.2) is 15.0 Å². The molecule has 0 radical (unpaired) electrons. The molecule has 27 heavy (non-hydrogen) atoms. The molecule has 1 heterocycles. The van der Waals surface area contributed by atoms with E-state index in [1.165, 1.54) is 11.1 Å². The van der Waals surface area contributed by atoms with Crippen LogP contribution in [0.1, 0.15) is 16.7 Å². The van der Waals surface area contributed by atoms with Crippen molar-refractivity contribution < 1.29 is 8.42 Å². The van der Waals surface area contributed by atoms with Crippen LogP contribution in [0.2, 0.25) is 0 Å². The Bertz CT molecular complexity index is 1040. The fourth-order valence-corrected chi connectivity index (χ4v) is 4.45. The summed E-state index contributed by atoms with van der Waals surface area (Å²) in [5.74, 6) is 0. The van der Waals surface area contributed by atoms with E-state index in [-0.39, 0.29) is 4.90 Å². The normalized spacial score (nSPS) is 13.9. The molecule has 0 saturated heterocycles. The van der Waals surface area contributed by atoms with Crippen molar-refractivity contribution in [3.05, 3.63) is 89.5 Å².